The molecule has 0 spiro atoms. The third-order valence-corrected chi connectivity index (χ3v) is 3.88. The molecule has 1 aromatic heterocycles. The fourth-order valence-corrected chi connectivity index (χ4v) is 2.61. The number of rotatable bonds is 5. The van der Waals surface area contributed by atoms with Crippen molar-refractivity contribution >= 4 is 5.91 Å². The number of aliphatic hydroxyl groups excluding tert-OH is 1. The van der Waals surface area contributed by atoms with Crippen LogP contribution in [0.2, 0.25) is 0 Å². The Balaban J connectivity index is 1.67. The van der Waals surface area contributed by atoms with Crippen molar-refractivity contribution in [2.45, 2.75) is 32.1 Å². The van der Waals surface area contributed by atoms with Crippen LogP contribution in [-0.4, -0.2) is 29.1 Å². The molecule has 19 heavy (non-hydrogen) atoms. The first kappa shape index (κ1) is 14.0. The Hall–Kier alpha value is -1.42. The Labute approximate surface area is 114 Å². The average molecular weight is 262 g/mol. The van der Waals surface area contributed by atoms with Crippen molar-refractivity contribution in [1.29, 1.82) is 0 Å². The first-order valence-corrected chi connectivity index (χ1v) is 7.08. The molecule has 104 valence electrons. The monoisotopic (exact) mass is 262 g/mol. The van der Waals surface area contributed by atoms with Gasteiger partial charge in [-0.05, 0) is 43.7 Å². The fourth-order valence-electron chi connectivity index (χ4n) is 2.61. The summed E-state index contributed by atoms with van der Waals surface area (Å²) >= 11 is 0. The van der Waals surface area contributed by atoms with Crippen molar-refractivity contribution in [3.63, 3.8) is 0 Å². The van der Waals surface area contributed by atoms with Crippen LogP contribution in [0, 0.1) is 11.8 Å². The van der Waals surface area contributed by atoms with E-state index in [0.29, 0.717) is 12.5 Å². The van der Waals surface area contributed by atoms with E-state index in [0.717, 1.165) is 37.8 Å². The van der Waals surface area contributed by atoms with E-state index in [9.17, 15) is 4.79 Å². The molecular weight excluding hydrogens is 240 g/mol. The van der Waals surface area contributed by atoms with Crippen molar-refractivity contribution < 1.29 is 9.90 Å². The number of carbonyl (C=O) groups excluding carboxylic acids is 1. The first-order chi connectivity index (χ1) is 9.29. The second-order valence-electron chi connectivity index (χ2n) is 5.26. The van der Waals surface area contributed by atoms with Gasteiger partial charge >= 0.3 is 0 Å². The summed E-state index contributed by atoms with van der Waals surface area (Å²) < 4.78 is 0. The predicted octanol–water partition coefficient (Wildman–Crippen LogP) is 1.54. The lowest BCUT2D eigenvalue weighted by Crippen LogP contribution is -2.34. The van der Waals surface area contributed by atoms with Crippen molar-refractivity contribution in [1.82, 2.24) is 10.3 Å². The second-order valence-corrected chi connectivity index (χ2v) is 5.26. The van der Waals surface area contributed by atoms with Gasteiger partial charge in [0, 0.05) is 37.4 Å². The van der Waals surface area contributed by atoms with Crippen LogP contribution in [0.5, 0.6) is 0 Å². The SMILES string of the molecule is O=C(NCCc1ccccn1)C1CCC(CO)CC1. The normalized spacial score (nSPS) is 23.0. The van der Waals surface area contributed by atoms with Crippen LogP contribution < -0.4 is 5.32 Å². The average Bonchev–Trinajstić information content (AvgIpc) is 2.48. The standard InChI is InChI=1S/C15H22N2O2/c18-11-12-4-6-13(7-5-12)15(19)17-10-8-14-3-1-2-9-16-14/h1-3,9,12-13,18H,4-8,10-11H2,(H,17,19). The highest BCUT2D eigenvalue weighted by Crippen LogP contribution is 2.28. The number of hydrogen-bond acceptors (Lipinski definition) is 3. The van der Waals surface area contributed by atoms with Crippen molar-refractivity contribution in [3.05, 3.63) is 30.1 Å². The van der Waals surface area contributed by atoms with E-state index in [4.69, 9.17) is 5.11 Å². The molecule has 0 bridgehead atoms. The Kier molecular flexibility index (Phi) is 5.33. The van der Waals surface area contributed by atoms with Crippen LogP contribution in [0.1, 0.15) is 31.4 Å². The number of pyridine rings is 1. The first-order valence-electron chi connectivity index (χ1n) is 7.08. The smallest absolute Gasteiger partial charge is 0.223 e. The largest absolute Gasteiger partial charge is 0.396 e. The molecule has 0 unspecified atom stereocenters. The van der Waals surface area contributed by atoms with E-state index in [1.54, 1.807) is 6.20 Å². The molecule has 0 atom stereocenters. The van der Waals surface area contributed by atoms with Crippen LogP contribution >= 0.6 is 0 Å². The van der Waals surface area contributed by atoms with Gasteiger partial charge in [0.2, 0.25) is 5.91 Å². The molecule has 1 amide bonds. The number of aliphatic hydroxyl groups is 1. The molecule has 4 heteroatoms. The highest BCUT2D eigenvalue weighted by Gasteiger charge is 2.25. The van der Waals surface area contributed by atoms with Crippen LogP contribution in [0.15, 0.2) is 24.4 Å². The number of aromatic nitrogens is 1. The summed E-state index contributed by atoms with van der Waals surface area (Å²) in [4.78, 5) is 16.2. The summed E-state index contributed by atoms with van der Waals surface area (Å²) in [5.41, 5.74) is 1.01. The third-order valence-electron chi connectivity index (χ3n) is 3.88. The van der Waals surface area contributed by atoms with Gasteiger partial charge in [-0.1, -0.05) is 6.07 Å². The minimum Gasteiger partial charge on any atom is -0.396 e. The highest BCUT2D eigenvalue weighted by atomic mass is 16.3. The van der Waals surface area contributed by atoms with E-state index in [1.165, 1.54) is 0 Å². The quantitative estimate of drug-likeness (QED) is 0.846. The molecule has 2 rings (SSSR count). The van der Waals surface area contributed by atoms with Gasteiger partial charge in [-0.15, -0.1) is 0 Å². The Morgan fingerprint density at radius 1 is 1.32 bits per heavy atom. The zero-order valence-electron chi connectivity index (χ0n) is 11.2. The Bertz CT molecular complexity index is 386. The lowest BCUT2D eigenvalue weighted by molar-refractivity contribution is -0.126. The fraction of sp³-hybridized carbons (Fsp3) is 0.600. The summed E-state index contributed by atoms with van der Waals surface area (Å²) in [5.74, 6) is 0.691. The van der Waals surface area contributed by atoms with Gasteiger partial charge in [-0.25, -0.2) is 0 Å². The number of hydrogen-bond donors (Lipinski definition) is 2. The molecule has 1 aliphatic rings. The topological polar surface area (TPSA) is 62.2 Å². The van der Waals surface area contributed by atoms with E-state index >= 15 is 0 Å². The van der Waals surface area contributed by atoms with Crippen LogP contribution in [-0.2, 0) is 11.2 Å². The van der Waals surface area contributed by atoms with Gasteiger partial charge in [0.05, 0.1) is 0 Å². The van der Waals surface area contributed by atoms with Gasteiger partial charge < -0.3 is 10.4 Å². The van der Waals surface area contributed by atoms with Gasteiger partial charge in [0.1, 0.15) is 0 Å². The lowest BCUT2D eigenvalue weighted by atomic mass is 9.82. The molecule has 1 saturated carbocycles. The van der Waals surface area contributed by atoms with Crippen molar-refractivity contribution in [2.24, 2.45) is 11.8 Å². The minimum atomic E-state index is 0.131. The molecule has 1 fully saturated rings. The second kappa shape index (κ2) is 7.24. The molecule has 1 aromatic rings. The lowest BCUT2D eigenvalue weighted by Gasteiger charge is -2.26. The molecule has 4 nitrogen and oxygen atoms in total. The maximum absolute atomic E-state index is 12.0. The van der Waals surface area contributed by atoms with Gasteiger partial charge in [0.15, 0.2) is 0 Å². The molecule has 0 aromatic carbocycles. The summed E-state index contributed by atoms with van der Waals surface area (Å²) in [6.45, 7) is 0.907. The van der Waals surface area contributed by atoms with Crippen molar-refractivity contribution in [2.75, 3.05) is 13.2 Å². The third kappa shape index (κ3) is 4.31. The summed E-state index contributed by atoms with van der Waals surface area (Å²) in [6.07, 6.45) is 6.29. The number of carbonyl (C=O) groups is 1. The van der Waals surface area contributed by atoms with E-state index < -0.39 is 0 Å². The van der Waals surface area contributed by atoms with E-state index in [2.05, 4.69) is 10.3 Å². The van der Waals surface area contributed by atoms with E-state index in [1.807, 2.05) is 18.2 Å². The molecule has 0 saturated heterocycles. The Morgan fingerprint density at radius 2 is 2.11 bits per heavy atom. The zero-order valence-corrected chi connectivity index (χ0v) is 11.2. The van der Waals surface area contributed by atoms with Gasteiger partial charge in [0.25, 0.3) is 0 Å². The minimum absolute atomic E-state index is 0.131. The van der Waals surface area contributed by atoms with Crippen LogP contribution in [0.4, 0.5) is 0 Å². The van der Waals surface area contributed by atoms with Crippen molar-refractivity contribution in [3.8, 4) is 0 Å². The number of nitrogens with one attached hydrogen (secondary N) is 1. The Morgan fingerprint density at radius 3 is 2.74 bits per heavy atom. The highest BCUT2D eigenvalue weighted by molar-refractivity contribution is 5.78. The molecule has 2 N–H and O–H groups in total. The van der Waals surface area contributed by atoms with E-state index in [-0.39, 0.29) is 18.4 Å². The molecule has 0 radical (unpaired) electrons. The number of nitrogens with zero attached hydrogens (tertiary/aromatic N) is 1. The van der Waals surface area contributed by atoms with Crippen LogP contribution in [0.25, 0.3) is 0 Å². The summed E-state index contributed by atoms with van der Waals surface area (Å²) in [6, 6.07) is 5.82. The predicted molar refractivity (Wildman–Crippen MR) is 73.5 cm³/mol. The maximum atomic E-state index is 12.0. The maximum Gasteiger partial charge on any atom is 0.223 e. The summed E-state index contributed by atoms with van der Waals surface area (Å²) in [5, 5.41) is 12.1. The molecule has 1 heterocycles. The molecule has 1 aliphatic carbocycles. The van der Waals surface area contributed by atoms with Gasteiger partial charge in [-0.3, -0.25) is 9.78 Å². The van der Waals surface area contributed by atoms with Gasteiger partial charge in [-0.2, -0.15) is 0 Å². The zero-order chi connectivity index (χ0) is 13.5. The molecule has 0 aliphatic heterocycles. The van der Waals surface area contributed by atoms with Crippen LogP contribution in [0.3, 0.4) is 0 Å². The molecular formula is C15H22N2O2. The number of amides is 1. The summed E-state index contributed by atoms with van der Waals surface area (Å²) in [7, 11) is 0.